The summed E-state index contributed by atoms with van der Waals surface area (Å²) in [5, 5.41) is 12.8. The average Bonchev–Trinajstić information content (AvgIpc) is 2.42. The molecule has 1 fully saturated rings. The molecule has 1 atom stereocenters. The predicted molar refractivity (Wildman–Crippen MR) is 74.9 cm³/mol. The number of halogens is 2. The molecule has 0 aromatic heterocycles. The van der Waals surface area contributed by atoms with Gasteiger partial charge < -0.3 is 10.4 Å². The van der Waals surface area contributed by atoms with Gasteiger partial charge in [-0.15, -0.1) is 0 Å². The average molecular weight is 287 g/mol. The third-order valence-corrected chi connectivity index (χ3v) is 3.88. The van der Waals surface area contributed by atoms with Gasteiger partial charge in [-0.1, -0.05) is 17.7 Å². The van der Waals surface area contributed by atoms with Gasteiger partial charge in [-0.05, 0) is 30.5 Å². The molecule has 0 radical (unpaired) electrons. The Morgan fingerprint density at radius 2 is 2.11 bits per heavy atom. The second kappa shape index (κ2) is 7.20. The van der Waals surface area contributed by atoms with Crippen LogP contribution in [0.3, 0.4) is 0 Å². The van der Waals surface area contributed by atoms with Gasteiger partial charge in [-0.2, -0.15) is 0 Å². The third kappa shape index (κ3) is 3.89. The molecule has 0 aliphatic carbocycles. The number of hydrogen-bond donors (Lipinski definition) is 2. The number of nitrogens with one attached hydrogen (secondary N) is 1. The Bertz CT molecular complexity index is 410. The lowest BCUT2D eigenvalue weighted by molar-refractivity contribution is 0.154. The highest BCUT2D eigenvalue weighted by atomic mass is 35.5. The molecular weight excluding hydrogens is 267 g/mol. The minimum Gasteiger partial charge on any atom is -0.396 e. The summed E-state index contributed by atoms with van der Waals surface area (Å²) in [4.78, 5) is 2.35. The predicted octanol–water partition coefficient (Wildman–Crippen LogP) is 2.20. The molecule has 19 heavy (non-hydrogen) atoms. The van der Waals surface area contributed by atoms with Crippen LogP contribution in [0, 0.1) is 5.82 Å². The lowest BCUT2D eigenvalue weighted by Gasteiger charge is -2.35. The van der Waals surface area contributed by atoms with E-state index in [-0.39, 0.29) is 18.5 Å². The molecule has 0 unspecified atom stereocenters. The maximum atomic E-state index is 13.2. The van der Waals surface area contributed by atoms with Crippen LogP contribution < -0.4 is 5.32 Å². The molecule has 1 aliphatic heterocycles. The zero-order valence-electron chi connectivity index (χ0n) is 10.9. The Labute approximate surface area is 118 Å². The van der Waals surface area contributed by atoms with Crippen molar-refractivity contribution in [1.29, 1.82) is 0 Å². The minimum absolute atomic E-state index is 0.155. The third-order valence-electron chi connectivity index (χ3n) is 3.55. The minimum atomic E-state index is -0.310. The summed E-state index contributed by atoms with van der Waals surface area (Å²) in [5.41, 5.74) is 0.957. The summed E-state index contributed by atoms with van der Waals surface area (Å²) in [6, 6.07) is 4.74. The van der Waals surface area contributed by atoms with Crippen LogP contribution in [-0.2, 0) is 0 Å². The van der Waals surface area contributed by atoms with Crippen LogP contribution in [0.5, 0.6) is 0 Å². The van der Waals surface area contributed by atoms with Crippen LogP contribution in [0.15, 0.2) is 18.2 Å². The zero-order valence-corrected chi connectivity index (χ0v) is 11.7. The highest BCUT2D eigenvalue weighted by Gasteiger charge is 2.23. The molecule has 0 spiro atoms. The van der Waals surface area contributed by atoms with Crippen molar-refractivity contribution in [3.05, 3.63) is 34.6 Å². The Morgan fingerprint density at radius 3 is 2.74 bits per heavy atom. The summed E-state index contributed by atoms with van der Waals surface area (Å²) >= 11 is 6.18. The normalized spacial score (nSPS) is 18.5. The first kappa shape index (κ1) is 14.7. The number of rotatable bonds is 5. The van der Waals surface area contributed by atoms with Gasteiger partial charge in [0.2, 0.25) is 0 Å². The van der Waals surface area contributed by atoms with E-state index in [1.807, 2.05) is 0 Å². The van der Waals surface area contributed by atoms with E-state index in [1.165, 1.54) is 12.1 Å². The first-order chi connectivity index (χ1) is 9.22. The fraction of sp³-hybridized carbons (Fsp3) is 0.571. The Hall–Kier alpha value is -0.680. The second-order valence-corrected chi connectivity index (χ2v) is 5.24. The molecule has 0 bridgehead atoms. The van der Waals surface area contributed by atoms with Gasteiger partial charge in [0.05, 0.1) is 0 Å². The van der Waals surface area contributed by atoms with Crippen molar-refractivity contribution in [3.8, 4) is 0 Å². The molecule has 2 rings (SSSR count). The Balaban J connectivity index is 2.19. The van der Waals surface area contributed by atoms with E-state index in [9.17, 15) is 4.39 Å². The molecule has 1 aliphatic rings. The Morgan fingerprint density at radius 1 is 1.37 bits per heavy atom. The van der Waals surface area contributed by atoms with Gasteiger partial charge >= 0.3 is 0 Å². The van der Waals surface area contributed by atoms with E-state index in [0.717, 1.165) is 44.6 Å². The quantitative estimate of drug-likeness (QED) is 0.871. The Kier molecular flexibility index (Phi) is 5.58. The van der Waals surface area contributed by atoms with Crippen LogP contribution in [0.2, 0.25) is 5.02 Å². The highest BCUT2D eigenvalue weighted by Crippen LogP contribution is 2.31. The van der Waals surface area contributed by atoms with Gasteiger partial charge in [-0.3, -0.25) is 4.90 Å². The summed E-state index contributed by atoms with van der Waals surface area (Å²) in [6.45, 7) is 3.97. The molecule has 0 amide bonds. The SMILES string of the molecule is OCCC[C@H](c1ccc(F)cc1Cl)N1CCNCC1. The fourth-order valence-electron chi connectivity index (χ4n) is 2.58. The molecule has 1 aromatic carbocycles. The number of benzene rings is 1. The van der Waals surface area contributed by atoms with Crippen molar-refractivity contribution in [2.75, 3.05) is 32.8 Å². The number of hydrogen-bond acceptors (Lipinski definition) is 3. The van der Waals surface area contributed by atoms with Crippen LogP contribution in [-0.4, -0.2) is 42.8 Å². The highest BCUT2D eigenvalue weighted by molar-refractivity contribution is 6.31. The van der Waals surface area contributed by atoms with Crippen LogP contribution in [0.1, 0.15) is 24.4 Å². The van der Waals surface area contributed by atoms with Gasteiger partial charge in [0.25, 0.3) is 0 Å². The lowest BCUT2D eigenvalue weighted by Crippen LogP contribution is -2.45. The fourth-order valence-corrected chi connectivity index (χ4v) is 2.88. The van der Waals surface area contributed by atoms with Crippen LogP contribution in [0.25, 0.3) is 0 Å². The smallest absolute Gasteiger partial charge is 0.124 e. The van der Waals surface area contributed by atoms with Gasteiger partial charge in [0.15, 0.2) is 0 Å². The topological polar surface area (TPSA) is 35.5 Å². The molecular formula is C14H20ClFN2O. The van der Waals surface area contributed by atoms with E-state index in [4.69, 9.17) is 16.7 Å². The van der Waals surface area contributed by atoms with Crippen molar-refractivity contribution in [3.63, 3.8) is 0 Å². The summed E-state index contributed by atoms with van der Waals surface area (Å²) in [7, 11) is 0. The van der Waals surface area contributed by atoms with E-state index < -0.39 is 0 Å². The number of aliphatic hydroxyl groups excluding tert-OH is 1. The maximum Gasteiger partial charge on any atom is 0.124 e. The molecule has 2 N–H and O–H groups in total. The lowest BCUT2D eigenvalue weighted by atomic mass is 9.99. The van der Waals surface area contributed by atoms with Gasteiger partial charge in [0, 0.05) is 43.9 Å². The van der Waals surface area contributed by atoms with E-state index in [2.05, 4.69) is 10.2 Å². The summed E-state index contributed by atoms with van der Waals surface area (Å²) in [5.74, 6) is -0.310. The van der Waals surface area contributed by atoms with Crippen LogP contribution in [0.4, 0.5) is 4.39 Å². The summed E-state index contributed by atoms with van der Waals surface area (Å²) < 4.78 is 13.2. The van der Waals surface area contributed by atoms with Crippen molar-refractivity contribution < 1.29 is 9.50 Å². The second-order valence-electron chi connectivity index (χ2n) is 4.83. The molecule has 0 saturated carbocycles. The standard InChI is InChI=1S/C14H20ClFN2O/c15-13-10-11(16)3-4-12(13)14(2-1-9-19)18-7-5-17-6-8-18/h3-4,10,14,17,19H,1-2,5-9H2/t14-/m1/s1. The first-order valence-electron chi connectivity index (χ1n) is 6.73. The van der Waals surface area contributed by atoms with E-state index in [1.54, 1.807) is 6.07 Å². The van der Waals surface area contributed by atoms with E-state index >= 15 is 0 Å². The number of nitrogens with zero attached hydrogens (tertiary/aromatic N) is 1. The summed E-state index contributed by atoms with van der Waals surface area (Å²) in [6.07, 6.45) is 1.56. The van der Waals surface area contributed by atoms with Crippen LogP contribution >= 0.6 is 11.6 Å². The molecule has 5 heteroatoms. The zero-order chi connectivity index (χ0) is 13.7. The molecule has 1 heterocycles. The monoisotopic (exact) mass is 286 g/mol. The number of piperazine rings is 1. The largest absolute Gasteiger partial charge is 0.396 e. The molecule has 106 valence electrons. The first-order valence-corrected chi connectivity index (χ1v) is 7.10. The van der Waals surface area contributed by atoms with Crippen molar-refractivity contribution in [2.45, 2.75) is 18.9 Å². The van der Waals surface area contributed by atoms with Crippen molar-refractivity contribution in [2.24, 2.45) is 0 Å². The number of aliphatic hydroxyl groups is 1. The molecule has 1 saturated heterocycles. The van der Waals surface area contributed by atoms with Gasteiger partial charge in [-0.25, -0.2) is 4.39 Å². The van der Waals surface area contributed by atoms with Gasteiger partial charge in [0.1, 0.15) is 5.82 Å². The molecule has 3 nitrogen and oxygen atoms in total. The van der Waals surface area contributed by atoms with E-state index in [0.29, 0.717) is 5.02 Å². The van der Waals surface area contributed by atoms with Crippen molar-refractivity contribution >= 4 is 11.6 Å². The van der Waals surface area contributed by atoms with Crippen molar-refractivity contribution in [1.82, 2.24) is 10.2 Å². The maximum absolute atomic E-state index is 13.2. The molecule has 1 aromatic rings.